The molecule has 0 radical (unpaired) electrons. The van der Waals surface area contributed by atoms with Crippen molar-refractivity contribution in [2.75, 3.05) is 6.54 Å². The number of nitrogens with zero attached hydrogens (tertiary/aromatic N) is 2. The minimum absolute atomic E-state index is 0.0319. The first kappa shape index (κ1) is 41.5. The number of piperidine rings is 2. The molecular weight excluding hydrogens is 652 g/mol. The van der Waals surface area contributed by atoms with Crippen LogP contribution in [0.25, 0.3) is 0 Å². The van der Waals surface area contributed by atoms with E-state index in [1.54, 1.807) is 0 Å². The van der Waals surface area contributed by atoms with Crippen LogP contribution >= 0.6 is 0 Å². The zero-order valence-electron chi connectivity index (χ0n) is 35.1. The molecule has 5 fully saturated rings. The number of hydrogen-bond donors (Lipinski definition) is 4. The van der Waals surface area contributed by atoms with E-state index in [-0.39, 0.29) is 63.2 Å². The molecule has 4 N–H and O–H groups in total. The van der Waals surface area contributed by atoms with Gasteiger partial charge in [0.05, 0.1) is 12.2 Å². The van der Waals surface area contributed by atoms with E-state index in [1.807, 2.05) is 0 Å². The van der Waals surface area contributed by atoms with Gasteiger partial charge < -0.3 is 21.3 Å². The molecule has 3 aliphatic carbocycles. The number of hydroxylamine groups is 4. The smallest absolute Gasteiger partial charge is 0.315 e. The Labute approximate surface area is 317 Å². The average Bonchev–Trinajstić information content (AvgIpc) is 2.99. The summed E-state index contributed by atoms with van der Waals surface area (Å²) < 4.78 is 0. The maximum absolute atomic E-state index is 13.6. The Morgan fingerprint density at radius 3 is 1.29 bits per heavy atom. The number of nitrogens with one attached hydrogen (secondary N) is 4. The Hall–Kier alpha value is -1.62. The van der Waals surface area contributed by atoms with E-state index in [2.05, 4.69) is 108 Å². The summed E-state index contributed by atoms with van der Waals surface area (Å²) in [4.78, 5) is 40.4. The molecule has 5 rings (SSSR count). The summed E-state index contributed by atoms with van der Waals surface area (Å²) in [6.45, 7) is 25.4. The maximum atomic E-state index is 13.6. The number of rotatable bonds is 9. The highest BCUT2D eigenvalue weighted by Gasteiger charge is 2.50. The van der Waals surface area contributed by atoms with Gasteiger partial charge >= 0.3 is 12.1 Å². The lowest BCUT2D eigenvalue weighted by Crippen LogP contribution is -2.65. The van der Waals surface area contributed by atoms with Crippen molar-refractivity contribution >= 4 is 12.1 Å². The van der Waals surface area contributed by atoms with Crippen molar-refractivity contribution in [1.29, 1.82) is 0 Å². The standard InChI is InChI=1S/C42H78N6O4/c1-37(2)22-30(45-36(50)46-32-25-40(7,8)48(41(9,10)26-32)52-34-20-16-13-17-21-34)27-42(11,28-37)29-43-35(49)44-31-23-38(3,4)47(39(5,6)24-31)51-33-18-14-12-15-19-33/h30-34H,12-29H2,1-11H3,(H2,43,44,49)(H2,45,46,50). The van der Waals surface area contributed by atoms with Crippen molar-refractivity contribution in [2.45, 2.75) is 238 Å². The molecule has 2 aliphatic heterocycles. The van der Waals surface area contributed by atoms with Crippen LogP contribution in [0, 0.1) is 10.8 Å². The normalized spacial score (nSPS) is 31.8. The summed E-state index contributed by atoms with van der Waals surface area (Å²) in [6.07, 6.45) is 18.8. The number of hydrogen-bond acceptors (Lipinski definition) is 6. The van der Waals surface area contributed by atoms with Gasteiger partial charge in [-0.05, 0) is 137 Å². The Balaban J connectivity index is 1.11. The van der Waals surface area contributed by atoms with E-state index in [0.717, 1.165) is 70.6 Å². The van der Waals surface area contributed by atoms with E-state index >= 15 is 0 Å². The number of urea groups is 2. The minimum Gasteiger partial charge on any atom is -0.338 e. The zero-order chi connectivity index (χ0) is 38.2. The summed E-state index contributed by atoms with van der Waals surface area (Å²) in [5.41, 5.74) is -0.880. The summed E-state index contributed by atoms with van der Waals surface area (Å²) in [7, 11) is 0. The Morgan fingerprint density at radius 1 is 0.519 bits per heavy atom. The monoisotopic (exact) mass is 731 g/mol. The third-order valence-electron chi connectivity index (χ3n) is 12.9. The molecule has 2 atom stereocenters. The van der Waals surface area contributed by atoms with E-state index in [9.17, 15) is 9.59 Å². The molecule has 0 aromatic rings. The van der Waals surface area contributed by atoms with Crippen molar-refractivity contribution in [1.82, 2.24) is 31.4 Å². The van der Waals surface area contributed by atoms with Crippen molar-refractivity contribution in [2.24, 2.45) is 10.8 Å². The van der Waals surface area contributed by atoms with Crippen molar-refractivity contribution in [3.63, 3.8) is 0 Å². The second-order valence-electron chi connectivity index (χ2n) is 21.5. The van der Waals surface area contributed by atoms with Crippen molar-refractivity contribution in [3.05, 3.63) is 0 Å². The molecular formula is C42H78N6O4. The lowest BCUT2D eigenvalue weighted by Gasteiger charge is -2.55. The third kappa shape index (κ3) is 10.8. The quantitative estimate of drug-likeness (QED) is 0.189. The molecule has 0 bridgehead atoms. The number of amides is 4. The highest BCUT2D eigenvalue weighted by atomic mass is 16.7. The van der Waals surface area contributed by atoms with Crippen molar-refractivity contribution < 1.29 is 19.3 Å². The molecule has 2 heterocycles. The predicted octanol–water partition coefficient (Wildman–Crippen LogP) is 8.74. The molecule has 0 aromatic heterocycles. The van der Waals surface area contributed by atoms with Gasteiger partial charge in [-0.15, -0.1) is 0 Å². The van der Waals surface area contributed by atoms with E-state index in [4.69, 9.17) is 9.68 Å². The van der Waals surface area contributed by atoms with Gasteiger partial charge in [-0.1, -0.05) is 59.3 Å². The fraction of sp³-hybridized carbons (Fsp3) is 0.952. The Bertz CT molecular complexity index is 1190. The number of carbonyl (C=O) groups excluding carboxylic acids is 2. The molecule has 10 nitrogen and oxygen atoms in total. The highest BCUT2D eigenvalue weighted by Crippen LogP contribution is 2.46. The van der Waals surface area contributed by atoms with E-state index in [0.29, 0.717) is 18.8 Å². The Morgan fingerprint density at radius 2 is 0.885 bits per heavy atom. The average molecular weight is 731 g/mol. The lowest BCUT2D eigenvalue weighted by molar-refractivity contribution is -0.310. The molecule has 5 aliphatic rings. The van der Waals surface area contributed by atoms with Crippen LogP contribution in [0.3, 0.4) is 0 Å². The summed E-state index contributed by atoms with van der Waals surface area (Å²) in [5.74, 6) is 0. The first-order chi connectivity index (χ1) is 24.1. The second-order valence-corrected chi connectivity index (χ2v) is 21.5. The van der Waals surface area contributed by atoms with Gasteiger partial charge in [0.2, 0.25) is 0 Å². The molecule has 2 unspecified atom stereocenters. The first-order valence-corrected chi connectivity index (χ1v) is 21.1. The summed E-state index contributed by atoms with van der Waals surface area (Å²) in [6, 6.07) is -0.0348. The molecule has 52 heavy (non-hydrogen) atoms. The van der Waals surface area contributed by atoms with Crippen LogP contribution < -0.4 is 21.3 Å². The first-order valence-electron chi connectivity index (χ1n) is 21.1. The third-order valence-corrected chi connectivity index (χ3v) is 12.9. The van der Waals surface area contributed by atoms with Crippen LogP contribution in [0.1, 0.15) is 185 Å². The molecule has 300 valence electrons. The second kappa shape index (κ2) is 15.9. The lowest BCUT2D eigenvalue weighted by atomic mass is 9.62. The fourth-order valence-corrected chi connectivity index (χ4v) is 11.8. The van der Waals surface area contributed by atoms with Gasteiger partial charge in [0, 0.05) is 46.8 Å². The van der Waals surface area contributed by atoms with Crippen LogP contribution in [0.4, 0.5) is 9.59 Å². The molecule has 10 heteroatoms. The fourth-order valence-electron chi connectivity index (χ4n) is 11.8. The zero-order valence-corrected chi connectivity index (χ0v) is 35.1. The van der Waals surface area contributed by atoms with Gasteiger partial charge in [-0.3, -0.25) is 9.68 Å². The molecule has 3 saturated carbocycles. The van der Waals surface area contributed by atoms with Crippen LogP contribution in [-0.4, -0.2) is 81.2 Å². The summed E-state index contributed by atoms with van der Waals surface area (Å²) >= 11 is 0. The van der Waals surface area contributed by atoms with Crippen LogP contribution in [-0.2, 0) is 9.68 Å². The highest BCUT2D eigenvalue weighted by molar-refractivity contribution is 5.75. The van der Waals surface area contributed by atoms with Crippen LogP contribution in [0.2, 0.25) is 0 Å². The van der Waals surface area contributed by atoms with Crippen LogP contribution in [0.15, 0.2) is 0 Å². The largest absolute Gasteiger partial charge is 0.338 e. The minimum atomic E-state index is -0.194. The Kier molecular flexibility index (Phi) is 12.7. The van der Waals surface area contributed by atoms with Gasteiger partial charge in [0.15, 0.2) is 0 Å². The molecule has 0 spiro atoms. The van der Waals surface area contributed by atoms with Gasteiger partial charge in [0.25, 0.3) is 0 Å². The van der Waals surface area contributed by atoms with Gasteiger partial charge in [-0.25, -0.2) is 9.59 Å². The molecule has 2 saturated heterocycles. The van der Waals surface area contributed by atoms with E-state index < -0.39 is 0 Å². The predicted molar refractivity (Wildman–Crippen MR) is 210 cm³/mol. The van der Waals surface area contributed by atoms with E-state index in [1.165, 1.54) is 38.5 Å². The SMILES string of the molecule is CC1(C)CC(NC(=O)NC2CC(C)(C)N(OC3CCCCC3)C(C)(C)C2)CC(C)(CNC(=O)NC2CC(C)(C)N(OC3CCCCC3)C(C)(C)C2)C1. The van der Waals surface area contributed by atoms with Crippen molar-refractivity contribution in [3.8, 4) is 0 Å². The topological polar surface area (TPSA) is 107 Å². The number of carbonyl (C=O) groups is 2. The maximum Gasteiger partial charge on any atom is 0.315 e. The summed E-state index contributed by atoms with van der Waals surface area (Å²) in [5, 5.41) is 17.8. The van der Waals surface area contributed by atoms with Gasteiger partial charge in [0.1, 0.15) is 0 Å². The van der Waals surface area contributed by atoms with Crippen LogP contribution in [0.5, 0.6) is 0 Å². The van der Waals surface area contributed by atoms with Gasteiger partial charge in [-0.2, -0.15) is 10.1 Å². The molecule has 4 amide bonds. The molecule has 0 aromatic carbocycles.